The van der Waals surface area contributed by atoms with Gasteiger partial charge in [-0.15, -0.1) is 0 Å². The fraction of sp³-hybridized carbons (Fsp3) is 0.417. The summed E-state index contributed by atoms with van der Waals surface area (Å²) in [4.78, 5) is 4.55. The standard InChI is InChI=1S/C12H14N2O2/c15-8-9-3-1-5-12-13-10(7-14(9)12)11-4-2-6-16-11/h2,4,6-7,9,15H,1,3,5,8H2. The molecule has 1 atom stereocenters. The van der Waals surface area contributed by atoms with E-state index in [1.165, 1.54) is 0 Å². The van der Waals surface area contributed by atoms with Crippen LogP contribution in [0.15, 0.2) is 29.0 Å². The Labute approximate surface area is 93.5 Å². The third kappa shape index (κ3) is 1.46. The highest BCUT2D eigenvalue weighted by molar-refractivity contribution is 5.51. The number of aliphatic hydroxyl groups is 1. The van der Waals surface area contributed by atoms with Crippen LogP contribution in [0.5, 0.6) is 0 Å². The van der Waals surface area contributed by atoms with Crippen LogP contribution in [0, 0.1) is 0 Å². The monoisotopic (exact) mass is 218 g/mol. The van der Waals surface area contributed by atoms with E-state index >= 15 is 0 Å². The van der Waals surface area contributed by atoms with E-state index in [0.717, 1.165) is 36.5 Å². The van der Waals surface area contributed by atoms with Gasteiger partial charge >= 0.3 is 0 Å². The molecule has 1 aliphatic rings. The molecule has 1 unspecified atom stereocenters. The molecule has 3 rings (SSSR count). The summed E-state index contributed by atoms with van der Waals surface area (Å²) in [6, 6.07) is 3.94. The summed E-state index contributed by atoms with van der Waals surface area (Å²) in [7, 11) is 0. The zero-order chi connectivity index (χ0) is 11.0. The van der Waals surface area contributed by atoms with Gasteiger partial charge in [0.25, 0.3) is 0 Å². The summed E-state index contributed by atoms with van der Waals surface area (Å²) in [6.45, 7) is 0.182. The summed E-state index contributed by atoms with van der Waals surface area (Å²) < 4.78 is 7.41. The number of hydrogen-bond acceptors (Lipinski definition) is 3. The number of furan rings is 1. The second kappa shape index (κ2) is 3.79. The Hall–Kier alpha value is -1.55. The van der Waals surface area contributed by atoms with Crippen LogP contribution in [0.2, 0.25) is 0 Å². The largest absolute Gasteiger partial charge is 0.463 e. The van der Waals surface area contributed by atoms with E-state index in [2.05, 4.69) is 9.55 Å². The number of aryl methyl sites for hydroxylation is 1. The van der Waals surface area contributed by atoms with Gasteiger partial charge in [-0.25, -0.2) is 4.98 Å². The van der Waals surface area contributed by atoms with Gasteiger partial charge in [0.1, 0.15) is 11.5 Å². The molecule has 2 aromatic rings. The van der Waals surface area contributed by atoms with Gasteiger partial charge in [-0.05, 0) is 25.0 Å². The van der Waals surface area contributed by atoms with Gasteiger partial charge in [-0.2, -0.15) is 0 Å². The number of nitrogens with zero attached hydrogens (tertiary/aromatic N) is 2. The first kappa shape index (κ1) is 9.66. The predicted octanol–water partition coefficient (Wildman–Crippen LogP) is 2.01. The van der Waals surface area contributed by atoms with Gasteiger partial charge in [0, 0.05) is 12.6 Å². The van der Waals surface area contributed by atoms with E-state index in [-0.39, 0.29) is 12.6 Å². The average molecular weight is 218 g/mol. The van der Waals surface area contributed by atoms with Gasteiger partial charge in [-0.1, -0.05) is 0 Å². The summed E-state index contributed by atoms with van der Waals surface area (Å²) >= 11 is 0. The lowest BCUT2D eigenvalue weighted by Gasteiger charge is -2.22. The zero-order valence-electron chi connectivity index (χ0n) is 8.97. The molecule has 0 spiro atoms. The quantitative estimate of drug-likeness (QED) is 0.838. The third-order valence-electron chi connectivity index (χ3n) is 3.12. The lowest BCUT2D eigenvalue weighted by atomic mass is 10.1. The first-order chi connectivity index (χ1) is 7.88. The number of imidazole rings is 1. The zero-order valence-corrected chi connectivity index (χ0v) is 8.97. The molecule has 0 saturated heterocycles. The summed E-state index contributed by atoms with van der Waals surface area (Å²) in [5.74, 6) is 1.84. The molecule has 0 aliphatic carbocycles. The lowest BCUT2D eigenvalue weighted by molar-refractivity contribution is 0.206. The highest BCUT2D eigenvalue weighted by atomic mass is 16.3. The summed E-state index contributed by atoms with van der Waals surface area (Å²) in [6.07, 6.45) is 6.74. The van der Waals surface area contributed by atoms with Crippen molar-refractivity contribution in [3.8, 4) is 11.5 Å². The maximum atomic E-state index is 9.31. The molecular formula is C12H14N2O2. The molecule has 3 heterocycles. The third-order valence-corrected chi connectivity index (χ3v) is 3.12. The summed E-state index contributed by atoms with van der Waals surface area (Å²) in [5, 5.41) is 9.31. The number of hydrogen-bond donors (Lipinski definition) is 1. The van der Waals surface area contributed by atoms with Gasteiger partial charge in [-0.3, -0.25) is 0 Å². The van der Waals surface area contributed by atoms with Gasteiger partial charge in [0.2, 0.25) is 0 Å². The molecule has 4 nitrogen and oxygen atoms in total. The Bertz CT molecular complexity index is 473. The molecule has 0 bridgehead atoms. The molecule has 84 valence electrons. The average Bonchev–Trinajstić information content (AvgIpc) is 2.96. The van der Waals surface area contributed by atoms with E-state index in [1.807, 2.05) is 18.3 Å². The number of rotatable bonds is 2. The van der Waals surface area contributed by atoms with Crippen molar-refractivity contribution in [1.82, 2.24) is 9.55 Å². The first-order valence-electron chi connectivity index (χ1n) is 5.61. The Morgan fingerprint density at radius 1 is 1.56 bits per heavy atom. The molecule has 0 radical (unpaired) electrons. The molecule has 0 saturated carbocycles. The van der Waals surface area contributed by atoms with Crippen LogP contribution >= 0.6 is 0 Å². The van der Waals surface area contributed by atoms with Crippen LogP contribution in [-0.4, -0.2) is 21.3 Å². The minimum absolute atomic E-state index is 0.181. The van der Waals surface area contributed by atoms with Gasteiger partial charge in [0.05, 0.1) is 18.9 Å². The molecule has 1 N–H and O–H groups in total. The fourth-order valence-corrected chi connectivity index (χ4v) is 2.29. The van der Waals surface area contributed by atoms with E-state index in [0.29, 0.717) is 0 Å². The highest BCUT2D eigenvalue weighted by Gasteiger charge is 2.21. The topological polar surface area (TPSA) is 51.2 Å². The second-order valence-electron chi connectivity index (χ2n) is 4.16. The van der Waals surface area contributed by atoms with Gasteiger partial charge < -0.3 is 14.1 Å². The van der Waals surface area contributed by atoms with Crippen molar-refractivity contribution in [1.29, 1.82) is 0 Å². The summed E-state index contributed by atoms with van der Waals surface area (Å²) in [5.41, 5.74) is 0.861. The molecule has 16 heavy (non-hydrogen) atoms. The minimum atomic E-state index is 0.181. The highest BCUT2D eigenvalue weighted by Crippen LogP contribution is 2.28. The number of aliphatic hydroxyl groups excluding tert-OH is 1. The van der Waals surface area contributed by atoms with Crippen LogP contribution in [-0.2, 0) is 6.42 Å². The van der Waals surface area contributed by atoms with Crippen LogP contribution < -0.4 is 0 Å². The van der Waals surface area contributed by atoms with Crippen molar-refractivity contribution in [2.24, 2.45) is 0 Å². The van der Waals surface area contributed by atoms with Crippen LogP contribution in [0.4, 0.5) is 0 Å². The SMILES string of the molecule is OCC1CCCc2nc(-c3ccco3)cn21. The van der Waals surface area contributed by atoms with Crippen molar-refractivity contribution in [3.63, 3.8) is 0 Å². The van der Waals surface area contributed by atoms with E-state index in [1.54, 1.807) is 6.26 Å². The van der Waals surface area contributed by atoms with Gasteiger partial charge in [0.15, 0.2) is 5.76 Å². The Morgan fingerprint density at radius 3 is 3.25 bits per heavy atom. The van der Waals surface area contributed by atoms with E-state index < -0.39 is 0 Å². The second-order valence-corrected chi connectivity index (χ2v) is 4.16. The van der Waals surface area contributed by atoms with Crippen molar-refractivity contribution in [2.45, 2.75) is 25.3 Å². The molecule has 0 aromatic carbocycles. The maximum Gasteiger partial charge on any atom is 0.153 e. The predicted molar refractivity (Wildman–Crippen MR) is 59.0 cm³/mol. The normalized spacial score (nSPS) is 19.7. The minimum Gasteiger partial charge on any atom is -0.463 e. The molecule has 0 amide bonds. The van der Waals surface area contributed by atoms with E-state index in [4.69, 9.17) is 4.42 Å². The smallest absolute Gasteiger partial charge is 0.153 e. The molecule has 0 fully saturated rings. The van der Waals surface area contributed by atoms with Crippen LogP contribution in [0.1, 0.15) is 24.7 Å². The lowest BCUT2D eigenvalue weighted by Crippen LogP contribution is -2.20. The van der Waals surface area contributed by atoms with Crippen LogP contribution in [0.25, 0.3) is 11.5 Å². The van der Waals surface area contributed by atoms with Crippen LogP contribution in [0.3, 0.4) is 0 Å². The Balaban J connectivity index is 2.02. The van der Waals surface area contributed by atoms with Crippen molar-refractivity contribution >= 4 is 0 Å². The Morgan fingerprint density at radius 2 is 2.50 bits per heavy atom. The first-order valence-corrected chi connectivity index (χ1v) is 5.61. The molecular weight excluding hydrogens is 204 g/mol. The van der Waals surface area contributed by atoms with Crippen molar-refractivity contribution < 1.29 is 9.52 Å². The maximum absolute atomic E-state index is 9.31. The van der Waals surface area contributed by atoms with Crippen molar-refractivity contribution in [3.05, 3.63) is 30.4 Å². The van der Waals surface area contributed by atoms with E-state index in [9.17, 15) is 5.11 Å². The Kier molecular flexibility index (Phi) is 2.29. The fourth-order valence-electron chi connectivity index (χ4n) is 2.29. The number of fused-ring (bicyclic) bond motifs is 1. The number of aromatic nitrogens is 2. The van der Waals surface area contributed by atoms with Crippen molar-refractivity contribution in [2.75, 3.05) is 6.61 Å². The molecule has 2 aromatic heterocycles. The molecule has 4 heteroatoms. The molecule has 1 aliphatic heterocycles.